The standard InChI is InChI=1S/C5H3OS/c7-5-1-3-6-4-2-5/h1-3H. The van der Waals surface area contributed by atoms with E-state index in [1.807, 2.05) is 0 Å². The zero-order chi connectivity index (χ0) is 5.11. The summed E-state index contributed by atoms with van der Waals surface area (Å²) in [5.41, 5.74) is 0. The third-order valence-corrected chi connectivity index (χ3v) is 0.824. The van der Waals surface area contributed by atoms with Crippen LogP contribution in [0.5, 0.6) is 0 Å². The van der Waals surface area contributed by atoms with E-state index in [0.717, 1.165) is 4.51 Å². The molecular formula is C5H3OS. The molecule has 0 unspecified atom stereocenters. The maximum absolute atomic E-state index is 4.72. The first-order valence-electron chi connectivity index (χ1n) is 1.84. The van der Waals surface area contributed by atoms with Gasteiger partial charge in [-0.15, -0.1) is 0 Å². The van der Waals surface area contributed by atoms with Crippen LogP contribution in [0, 0.1) is 10.8 Å². The van der Waals surface area contributed by atoms with Gasteiger partial charge in [0.15, 0.2) is 6.26 Å². The third kappa shape index (κ3) is 1.12. The highest BCUT2D eigenvalue weighted by atomic mass is 32.1. The molecule has 1 aromatic rings. The van der Waals surface area contributed by atoms with Crippen LogP contribution in [-0.2, 0) is 0 Å². The van der Waals surface area contributed by atoms with Gasteiger partial charge >= 0.3 is 0 Å². The van der Waals surface area contributed by atoms with Crippen molar-refractivity contribution in [3.63, 3.8) is 0 Å². The monoisotopic (exact) mass is 111 g/mol. The van der Waals surface area contributed by atoms with E-state index in [9.17, 15) is 0 Å². The fraction of sp³-hybridized carbons (Fsp3) is 0. The Hall–Kier alpha value is -0.630. The highest BCUT2D eigenvalue weighted by Crippen LogP contribution is 1.85. The van der Waals surface area contributed by atoms with Gasteiger partial charge in [-0.05, 0) is 6.07 Å². The van der Waals surface area contributed by atoms with Crippen molar-refractivity contribution in [2.75, 3.05) is 0 Å². The Balaban J connectivity index is 3.28. The minimum atomic E-state index is 0.756. The summed E-state index contributed by atoms with van der Waals surface area (Å²) in [7, 11) is 0. The number of hydrogen-bond donors (Lipinski definition) is 0. The van der Waals surface area contributed by atoms with Crippen molar-refractivity contribution < 1.29 is 4.42 Å². The molecule has 0 spiro atoms. The predicted octanol–water partition coefficient (Wildman–Crippen LogP) is 1.81. The van der Waals surface area contributed by atoms with Crippen LogP contribution < -0.4 is 0 Å². The van der Waals surface area contributed by atoms with E-state index in [4.69, 9.17) is 12.2 Å². The van der Waals surface area contributed by atoms with Crippen LogP contribution in [-0.4, -0.2) is 0 Å². The van der Waals surface area contributed by atoms with E-state index in [1.165, 1.54) is 6.26 Å². The van der Waals surface area contributed by atoms with Gasteiger partial charge in [0.2, 0.25) is 0 Å². The lowest BCUT2D eigenvalue weighted by Gasteiger charge is -1.73. The van der Waals surface area contributed by atoms with Gasteiger partial charge in [-0.25, -0.2) is 0 Å². The number of hydrogen-bond acceptors (Lipinski definition) is 2. The van der Waals surface area contributed by atoms with Crippen molar-refractivity contribution in [1.29, 1.82) is 0 Å². The van der Waals surface area contributed by atoms with Gasteiger partial charge in [0.05, 0.1) is 6.26 Å². The molecule has 0 aliphatic rings. The molecular weight excluding hydrogens is 108 g/mol. The molecule has 0 N–H and O–H groups in total. The summed E-state index contributed by atoms with van der Waals surface area (Å²) in [6.45, 7) is 0. The molecule has 0 aliphatic carbocycles. The molecule has 0 saturated carbocycles. The molecule has 2 heteroatoms. The quantitative estimate of drug-likeness (QED) is 0.473. The Morgan fingerprint density at radius 1 is 1.71 bits per heavy atom. The second kappa shape index (κ2) is 1.89. The van der Waals surface area contributed by atoms with Crippen LogP contribution in [0.3, 0.4) is 0 Å². The van der Waals surface area contributed by atoms with Crippen molar-refractivity contribution >= 4 is 12.2 Å². The van der Waals surface area contributed by atoms with Crippen LogP contribution in [0.4, 0.5) is 0 Å². The fourth-order valence-corrected chi connectivity index (χ4v) is 0.384. The average Bonchev–Trinajstić information content (AvgIpc) is 1.69. The molecule has 0 atom stereocenters. The van der Waals surface area contributed by atoms with E-state index in [-0.39, 0.29) is 0 Å². The first kappa shape index (κ1) is 4.53. The molecule has 0 saturated heterocycles. The lowest BCUT2D eigenvalue weighted by atomic mass is 10.5. The maximum Gasteiger partial charge on any atom is 0.170 e. The lowest BCUT2D eigenvalue weighted by Crippen LogP contribution is -1.55. The van der Waals surface area contributed by atoms with Gasteiger partial charge < -0.3 is 4.42 Å². The van der Waals surface area contributed by atoms with E-state index in [0.29, 0.717) is 0 Å². The summed E-state index contributed by atoms with van der Waals surface area (Å²) in [5.74, 6) is 0. The topological polar surface area (TPSA) is 13.1 Å². The molecule has 1 nitrogen and oxygen atoms in total. The summed E-state index contributed by atoms with van der Waals surface area (Å²) in [4.78, 5) is 0. The van der Waals surface area contributed by atoms with E-state index in [1.54, 1.807) is 12.1 Å². The first-order valence-corrected chi connectivity index (χ1v) is 2.25. The molecule has 0 amide bonds. The van der Waals surface area contributed by atoms with Crippen molar-refractivity contribution in [2.45, 2.75) is 0 Å². The van der Waals surface area contributed by atoms with E-state index < -0.39 is 0 Å². The van der Waals surface area contributed by atoms with Gasteiger partial charge in [-0.2, -0.15) is 0 Å². The zero-order valence-electron chi connectivity index (χ0n) is 3.55. The van der Waals surface area contributed by atoms with Crippen LogP contribution in [0.2, 0.25) is 0 Å². The predicted molar refractivity (Wildman–Crippen MR) is 28.4 cm³/mol. The largest absolute Gasteiger partial charge is 0.461 e. The van der Waals surface area contributed by atoms with Gasteiger partial charge in [0.25, 0.3) is 0 Å². The third-order valence-electron chi connectivity index (χ3n) is 0.570. The fourth-order valence-electron chi connectivity index (χ4n) is 0.281. The molecule has 1 radical (unpaired) electrons. The van der Waals surface area contributed by atoms with Gasteiger partial charge in [0, 0.05) is 10.6 Å². The minimum absolute atomic E-state index is 0.756. The number of rotatable bonds is 0. The van der Waals surface area contributed by atoms with Crippen LogP contribution >= 0.6 is 12.2 Å². The smallest absolute Gasteiger partial charge is 0.170 e. The summed E-state index contributed by atoms with van der Waals surface area (Å²) < 4.78 is 5.32. The molecule has 0 aromatic carbocycles. The van der Waals surface area contributed by atoms with Crippen LogP contribution in [0.15, 0.2) is 22.8 Å². The van der Waals surface area contributed by atoms with Crippen molar-refractivity contribution in [3.8, 4) is 0 Å². The molecule has 0 bridgehead atoms. The van der Waals surface area contributed by atoms with E-state index >= 15 is 0 Å². The normalized spacial score (nSPS) is 8.57. The Morgan fingerprint density at radius 3 is 2.86 bits per heavy atom. The Morgan fingerprint density at radius 2 is 2.57 bits per heavy atom. The first-order chi connectivity index (χ1) is 3.39. The van der Waals surface area contributed by atoms with Crippen LogP contribution in [0.1, 0.15) is 0 Å². The highest BCUT2D eigenvalue weighted by Gasteiger charge is 1.69. The zero-order valence-corrected chi connectivity index (χ0v) is 4.37. The molecule has 35 valence electrons. The lowest BCUT2D eigenvalue weighted by molar-refractivity contribution is 0.540. The minimum Gasteiger partial charge on any atom is -0.461 e. The SMILES string of the molecule is S=c1c[c]occ1. The van der Waals surface area contributed by atoms with Crippen LogP contribution in [0.25, 0.3) is 0 Å². The van der Waals surface area contributed by atoms with Crippen molar-refractivity contribution in [2.24, 2.45) is 0 Å². The second-order valence-corrected chi connectivity index (χ2v) is 1.56. The maximum atomic E-state index is 4.72. The van der Waals surface area contributed by atoms with Gasteiger partial charge in [-0.1, -0.05) is 12.2 Å². The summed E-state index contributed by atoms with van der Waals surface area (Å²) in [6, 6.07) is 3.31. The van der Waals surface area contributed by atoms with Crippen molar-refractivity contribution in [1.82, 2.24) is 0 Å². The van der Waals surface area contributed by atoms with Gasteiger partial charge in [0.1, 0.15) is 0 Å². The molecule has 0 fully saturated rings. The summed E-state index contributed by atoms with van der Waals surface area (Å²) in [5, 5.41) is 0. The molecule has 1 aromatic heterocycles. The molecule has 7 heavy (non-hydrogen) atoms. The summed E-state index contributed by atoms with van der Waals surface area (Å²) >= 11 is 4.72. The highest BCUT2D eigenvalue weighted by molar-refractivity contribution is 7.71. The average molecular weight is 111 g/mol. The van der Waals surface area contributed by atoms with Gasteiger partial charge in [-0.3, -0.25) is 0 Å². The Kier molecular flexibility index (Phi) is 1.22. The van der Waals surface area contributed by atoms with Crippen molar-refractivity contribution in [3.05, 3.63) is 29.2 Å². The Bertz CT molecular complexity index is 174. The molecule has 1 rings (SSSR count). The second-order valence-electron chi connectivity index (χ2n) is 1.09. The molecule has 0 aliphatic heterocycles. The molecule has 1 heterocycles. The summed E-state index contributed by atoms with van der Waals surface area (Å²) in [6.07, 6.45) is 3.98. The Labute approximate surface area is 46.6 Å². The van der Waals surface area contributed by atoms with E-state index in [2.05, 4.69) is 10.7 Å².